The van der Waals surface area contributed by atoms with E-state index in [0.29, 0.717) is 55.1 Å². The number of rotatable bonds is 10. The molecule has 0 spiro atoms. The van der Waals surface area contributed by atoms with Gasteiger partial charge in [-0.1, -0.05) is 35.9 Å². The number of anilines is 1. The molecule has 1 aliphatic heterocycles. The zero-order valence-corrected chi connectivity index (χ0v) is 23.8. The molecule has 4 rings (SSSR count). The van der Waals surface area contributed by atoms with Crippen LogP contribution in [0.4, 0.5) is 5.69 Å². The van der Waals surface area contributed by atoms with Gasteiger partial charge in [-0.3, -0.25) is 9.59 Å². The van der Waals surface area contributed by atoms with E-state index in [1.165, 1.54) is 4.31 Å². The van der Waals surface area contributed by atoms with Gasteiger partial charge in [0, 0.05) is 19.6 Å². The molecule has 1 heterocycles. The number of hydrogen-bond donors (Lipinski definition) is 2. The molecule has 2 amide bonds. The zero-order valence-electron chi connectivity index (χ0n) is 23.0. The summed E-state index contributed by atoms with van der Waals surface area (Å²) >= 11 is 0. The maximum absolute atomic E-state index is 13.2. The fourth-order valence-corrected chi connectivity index (χ4v) is 6.23. The highest BCUT2D eigenvalue weighted by molar-refractivity contribution is 7.89. The topological polar surface area (TPSA) is 114 Å². The first-order chi connectivity index (χ1) is 19.2. The van der Waals surface area contributed by atoms with Crippen LogP contribution in [0.3, 0.4) is 0 Å². The molecular formula is C30H35N3O6S. The van der Waals surface area contributed by atoms with Gasteiger partial charge in [0.15, 0.2) is 11.5 Å². The van der Waals surface area contributed by atoms with Gasteiger partial charge in [0.05, 0.1) is 36.3 Å². The second kappa shape index (κ2) is 13.0. The molecule has 0 saturated carbocycles. The van der Waals surface area contributed by atoms with Crippen LogP contribution in [-0.4, -0.2) is 58.4 Å². The number of nitrogens with one attached hydrogen (secondary N) is 2. The minimum Gasteiger partial charge on any atom is -0.493 e. The SMILES string of the molecule is COc1ccc(CCNC(=O)c2ccccc2NC(=O)[C@@H]2CCCN(S(=O)(=O)c3ccc(C)cc3)C2)cc1OC. The summed E-state index contributed by atoms with van der Waals surface area (Å²) in [6.45, 7) is 2.72. The van der Waals surface area contributed by atoms with Gasteiger partial charge in [-0.15, -0.1) is 0 Å². The predicted octanol–water partition coefficient (Wildman–Crippen LogP) is 4.02. The van der Waals surface area contributed by atoms with Crippen LogP contribution in [-0.2, 0) is 21.2 Å². The van der Waals surface area contributed by atoms with E-state index < -0.39 is 15.9 Å². The molecule has 10 heteroatoms. The number of benzene rings is 3. The van der Waals surface area contributed by atoms with Crippen LogP contribution in [0.1, 0.15) is 34.3 Å². The van der Waals surface area contributed by atoms with Crippen LogP contribution < -0.4 is 20.1 Å². The predicted molar refractivity (Wildman–Crippen MR) is 153 cm³/mol. The molecule has 1 saturated heterocycles. The van der Waals surface area contributed by atoms with E-state index in [-0.39, 0.29) is 23.3 Å². The Morgan fingerprint density at radius 3 is 2.42 bits per heavy atom. The highest BCUT2D eigenvalue weighted by Crippen LogP contribution is 2.28. The van der Waals surface area contributed by atoms with Gasteiger partial charge >= 0.3 is 0 Å². The monoisotopic (exact) mass is 565 g/mol. The van der Waals surface area contributed by atoms with Gasteiger partial charge in [0.2, 0.25) is 15.9 Å². The van der Waals surface area contributed by atoms with E-state index in [9.17, 15) is 18.0 Å². The Hall–Kier alpha value is -3.89. The maximum atomic E-state index is 13.2. The molecule has 1 aliphatic rings. The fraction of sp³-hybridized carbons (Fsp3) is 0.333. The fourth-order valence-electron chi connectivity index (χ4n) is 4.71. The van der Waals surface area contributed by atoms with Crippen molar-refractivity contribution >= 4 is 27.5 Å². The maximum Gasteiger partial charge on any atom is 0.253 e. The van der Waals surface area contributed by atoms with Crippen molar-refractivity contribution in [3.63, 3.8) is 0 Å². The average molecular weight is 566 g/mol. The van der Waals surface area contributed by atoms with E-state index in [2.05, 4.69) is 10.6 Å². The highest BCUT2D eigenvalue weighted by atomic mass is 32.2. The van der Waals surface area contributed by atoms with Crippen LogP contribution in [0.5, 0.6) is 11.5 Å². The third-order valence-corrected chi connectivity index (χ3v) is 8.87. The molecular weight excluding hydrogens is 530 g/mol. The second-order valence-corrected chi connectivity index (χ2v) is 11.7. The second-order valence-electron chi connectivity index (χ2n) is 9.75. The highest BCUT2D eigenvalue weighted by Gasteiger charge is 2.33. The number of carbonyl (C=O) groups excluding carboxylic acids is 2. The van der Waals surface area contributed by atoms with Crippen LogP contribution in [0.2, 0.25) is 0 Å². The van der Waals surface area contributed by atoms with Crippen LogP contribution in [0.15, 0.2) is 71.6 Å². The Bertz CT molecular complexity index is 1460. The number of amides is 2. The van der Waals surface area contributed by atoms with Crippen LogP contribution in [0.25, 0.3) is 0 Å². The van der Waals surface area contributed by atoms with Crippen molar-refractivity contribution in [2.75, 3.05) is 39.2 Å². The molecule has 9 nitrogen and oxygen atoms in total. The summed E-state index contributed by atoms with van der Waals surface area (Å²) in [5.74, 6) is 0.0919. The largest absolute Gasteiger partial charge is 0.493 e. The molecule has 40 heavy (non-hydrogen) atoms. The van der Waals surface area contributed by atoms with Gasteiger partial charge < -0.3 is 20.1 Å². The lowest BCUT2D eigenvalue weighted by Gasteiger charge is -2.31. The van der Waals surface area contributed by atoms with E-state index in [4.69, 9.17) is 9.47 Å². The lowest BCUT2D eigenvalue weighted by Crippen LogP contribution is -2.43. The number of methoxy groups -OCH3 is 2. The number of ether oxygens (including phenoxy) is 2. The summed E-state index contributed by atoms with van der Waals surface area (Å²) in [4.78, 5) is 26.4. The Balaban J connectivity index is 1.38. The van der Waals surface area contributed by atoms with Crippen molar-refractivity contribution in [2.45, 2.75) is 31.1 Å². The Kier molecular flexibility index (Phi) is 9.44. The van der Waals surface area contributed by atoms with Crippen molar-refractivity contribution in [3.8, 4) is 11.5 Å². The van der Waals surface area contributed by atoms with Gasteiger partial charge in [-0.25, -0.2) is 8.42 Å². The van der Waals surface area contributed by atoms with Crippen molar-refractivity contribution in [1.29, 1.82) is 0 Å². The molecule has 2 N–H and O–H groups in total. The molecule has 0 unspecified atom stereocenters. The number of aryl methyl sites for hydroxylation is 1. The molecule has 0 radical (unpaired) electrons. The summed E-state index contributed by atoms with van der Waals surface area (Å²) < 4.78 is 38.3. The number of carbonyl (C=O) groups is 2. The van der Waals surface area contributed by atoms with Crippen molar-refractivity contribution < 1.29 is 27.5 Å². The third kappa shape index (κ3) is 6.81. The average Bonchev–Trinajstić information content (AvgIpc) is 2.97. The Labute approximate surface area is 235 Å². The summed E-state index contributed by atoms with van der Waals surface area (Å²) in [6, 6.07) is 19.1. The van der Waals surface area contributed by atoms with Gasteiger partial charge in [0.1, 0.15) is 0 Å². The molecule has 1 atom stereocenters. The number of hydrogen-bond acceptors (Lipinski definition) is 6. The Morgan fingerprint density at radius 2 is 1.70 bits per heavy atom. The van der Waals surface area contributed by atoms with E-state index in [0.717, 1.165) is 11.1 Å². The minimum absolute atomic E-state index is 0.0850. The van der Waals surface area contributed by atoms with E-state index in [1.54, 1.807) is 62.8 Å². The summed E-state index contributed by atoms with van der Waals surface area (Å²) in [5.41, 5.74) is 2.67. The smallest absolute Gasteiger partial charge is 0.253 e. The molecule has 1 fully saturated rings. The first kappa shape index (κ1) is 29.1. The van der Waals surface area contributed by atoms with Crippen LogP contribution >= 0.6 is 0 Å². The van der Waals surface area contributed by atoms with Crippen molar-refractivity contribution in [3.05, 3.63) is 83.4 Å². The molecule has 0 aliphatic carbocycles. The van der Waals surface area contributed by atoms with Crippen molar-refractivity contribution in [1.82, 2.24) is 9.62 Å². The molecule has 3 aromatic rings. The summed E-state index contributed by atoms with van der Waals surface area (Å²) in [6.07, 6.45) is 1.71. The lowest BCUT2D eigenvalue weighted by molar-refractivity contribution is -0.120. The first-order valence-electron chi connectivity index (χ1n) is 13.2. The first-order valence-corrected chi connectivity index (χ1v) is 14.6. The molecule has 0 bridgehead atoms. The number of sulfonamides is 1. The molecule has 0 aromatic heterocycles. The normalized spacial score (nSPS) is 15.7. The molecule has 212 valence electrons. The zero-order chi connectivity index (χ0) is 28.7. The summed E-state index contributed by atoms with van der Waals surface area (Å²) in [7, 11) is -0.560. The van der Waals surface area contributed by atoms with E-state index >= 15 is 0 Å². The van der Waals surface area contributed by atoms with Crippen LogP contribution in [0, 0.1) is 12.8 Å². The third-order valence-electron chi connectivity index (χ3n) is 6.99. The molecule has 3 aromatic carbocycles. The van der Waals surface area contributed by atoms with E-state index in [1.807, 2.05) is 25.1 Å². The van der Waals surface area contributed by atoms with Gasteiger partial charge in [-0.2, -0.15) is 4.31 Å². The number of nitrogens with zero attached hydrogens (tertiary/aromatic N) is 1. The van der Waals surface area contributed by atoms with Gasteiger partial charge in [-0.05, 0) is 68.1 Å². The summed E-state index contributed by atoms with van der Waals surface area (Å²) in [5, 5.41) is 5.77. The van der Waals surface area contributed by atoms with Crippen molar-refractivity contribution in [2.24, 2.45) is 5.92 Å². The standard InChI is InChI=1S/C30H35N3O6S/c1-21-10-13-24(14-11-21)40(36,37)33-18-6-7-23(20-33)29(34)32-26-9-5-4-8-25(26)30(35)31-17-16-22-12-15-27(38-2)28(19-22)39-3/h4-5,8-15,19,23H,6-7,16-18,20H2,1-3H3,(H,31,35)(H,32,34)/t23-/m1/s1. The quantitative estimate of drug-likeness (QED) is 0.384. The minimum atomic E-state index is -3.71. The van der Waals surface area contributed by atoms with Gasteiger partial charge in [0.25, 0.3) is 5.91 Å². The lowest BCUT2D eigenvalue weighted by atomic mass is 9.98. The number of para-hydroxylation sites is 1. The number of piperidine rings is 1. The Morgan fingerprint density at radius 1 is 0.975 bits per heavy atom.